The summed E-state index contributed by atoms with van der Waals surface area (Å²) in [5, 5.41) is 2.74. The standard InChI is InChI=1S/C15H29N3O4/c1-14(2,3)21-12(19)17-11-9-18(8-7-10(11)16)13(20)22-15(4,5)6/h10-11H,7-9,16H2,1-6H3,(H,17,19). The number of ether oxygens (including phenoxy) is 2. The average Bonchev–Trinajstić information content (AvgIpc) is 2.27. The quantitative estimate of drug-likeness (QED) is 0.770. The molecule has 1 fully saturated rings. The first-order valence-corrected chi connectivity index (χ1v) is 7.60. The van der Waals surface area contributed by atoms with Gasteiger partial charge in [-0.25, -0.2) is 9.59 Å². The zero-order valence-corrected chi connectivity index (χ0v) is 14.4. The number of hydrogen-bond acceptors (Lipinski definition) is 5. The van der Waals surface area contributed by atoms with Crippen LogP contribution in [0.5, 0.6) is 0 Å². The SMILES string of the molecule is CC(C)(C)OC(=O)NC1CN(C(=O)OC(C)(C)C)CCC1N. The van der Waals surface area contributed by atoms with Crippen LogP contribution in [-0.4, -0.2) is 53.5 Å². The zero-order valence-electron chi connectivity index (χ0n) is 14.4. The highest BCUT2D eigenvalue weighted by Crippen LogP contribution is 2.16. The van der Waals surface area contributed by atoms with E-state index in [2.05, 4.69) is 5.32 Å². The van der Waals surface area contributed by atoms with Gasteiger partial charge in [-0.3, -0.25) is 0 Å². The van der Waals surface area contributed by atoms with Gasteiger partial charge in [-0.1, -0.05) is 0 Å². The van der Waals surface area contributed by atoms with Gasteiger partial charge >= 0.3 is 12.2 Å². The molecule has 3 N–H and O–H groups in total. The Hall–Kier alpha value is -1.50. The van der Waals surface area contributed by atoms with E-state index in [1.165, 1.54) is 0 Å². The van der Waals surface area contributed by atoms with Crippen LogP contribution >= 0.6 is 0 Å². The van der Waals surface area contributed by atoms with Crippen molar-refractivity contribution in [2.75, 3.05) is 13.1 Å². The molecule has 0 spiro atoms. The lowest BCUT2D eigenvalue weighted by atomic mass is 10.0. The van der Waals surface area contributed by atoms with Gasteiger partial charge in [0, 0.05) is 19.1 Å². The number of rotatable bonds is 1. The molecule has 2 amide bonds. The topological polar surface area (TPSA) is 93.9 Å². The predicted octanol–water partition coefficient (Wildman–Crippen LogP) is 1.85. The molecule has 7 heteroatoms. The smallest absolute Gasteiger partial charge is 0.410 e. The Kier molecular flexibility index (Phi) is 5.67. The molecule has 1 aliphatic rings. The molecule has 0 aromatic heterocycles. The number of nitrogens with one attached hydrogen (secondary N) is 1. The maximum Gasteiger partial charge on any atom is 0.410 e. The number of carbonyl (C=O) groups is 2. The summed E-state index contributed by atoms with van der Waals surface area (Å²) in [5.41, 5.74) is 4.91. The number of carbonyl (C=O) groups excluding carboxylic acids is 2. The summed E-state index contributed by atoms with van der Waals surface area (Å²) in [4.78, 5) is 25.5. The van der Waals surface area contributed by atoms with Crippen LogP contribution in [0, 0.1) is 0 Å². The molecule has 7 nitrogen and oxygen atoms in total. The van der Waals surface area contributed by atoms with E-state index in [1.54, 1.807) is 25.7 Å². The van der Waals surface area contributed by atoms with E-state index in [9.17, 15) is 9.59 Å². The lowest BCUT2D eigenvalue weighted by Crippen LogP contribution is -2.60. The fraction of sp³-hybridized carbons (Fsp3) is 0.867. The van der Waals surface area contributed by atoms with Gasteiger partial charge in [0.25, 0.3) is 0 Å². The molecule has 0 bridgehead atoms. The van der Waals surface area contributed by atoms with E-state index in [0.717, 1.165) is 0 Å². The number of nitrogens with two attached hydrogens (primary N) is 1. The van der Waals surface area contributed by atoms with Crippen molar-refractivity contribution in [1.29, 1.82) is 0 Å². The maximum absolute atomic E-state index is 12.1. The van der Waals surface area contributed by atoms with Crippen LogP contribution in [0.4, 0.5) is 9.59 Å². The highest BCUT2D eigenvalue weighted by Gasteiger charge is 2.33. The summed E-state index contributed by atoms with van der Waals surface area (Å²) in [6, 6.07) is -0.567. The van der Waals surface area contributed by atoms with Crippen LogP contribution in [0.3, 0.4) is 0 Å². The number of piperidine rings is 1. The molecule has 2 atom stereocenters. The second-order valence-corrected chi connectivity index (χ2v) is 7.63. The molecule has 1 heterocycles. The Morgan fingerprint density at radius 3 is 2.14 bits per heavy atom. The molecular formula is C15H29N3O4. The molecular weight excluding hydrogens is 286 g/mol. The number of hydrogen-bond donors (Lipinski definition) is 2. The minimum absolute atomic E-state index is 0.216. The van der Waals surface area contributed by atoms with Gasteiger partial charge in [-0.05, 0) is 48.0 Å². The predicted molar refractivity (Wildman–Crippen MR) is 83.6 cm³/mol. The van der Waals surface area contributed by atoms with Gasteiger partial charge in [0.2, 0.25) is 0 Å². The molecule has 128 valence electrons. The molecule has 0 aliphatic carbocycles. The highest BCUT2D eigenvalue weighted by atomic mass is 16.6. The van der Waals surface area contributed by atoms with E-state index in [1.807, 2.05) is 20.8 Å². The molecule has 1 aliphatic heterocycles. The van der Waals surface area contributed by atoms with Crippen LogP contribution in [-0.2, 0) is 9.47 Å². The van der Waals surface area contributed by atoms with E-state index in [4.69, 9.17) is 15.2 Å². The second kappa shape index (κ2) is 6.73. The second-order valence-electron chi connectivity index (χ2n) is 7.63. The number of likely N-dealkylation sites (tertiary alicyclic amines) is 1. The molecule has 1 rings (SSSR count). The maximum atomic E-state index is 12.1. The molecule has 0 radical (unpaired) electrons. The lowest BCUT2D eigenvalue weighted by Gasteiger charge is -2.37. The number of nitrogens with zero attached hydrogens (tertiary/aromatic N) is 1. The van der Waals surface area contributed by atoms with Gasteiger partial charge < -0.3 is 25.4 Å². The fourth-order valence-electron chi connectivity index (χ4n) is 2.07. The monoisotopic (exact) mass is 315 g/mol. The van der Waals surface area contributed by atoms with Gasteiger partial charge in [0.15, 0.2) is 0 Å². The van der Waals surface area contributed by atoms with E-state index in [0.29, 0.717) is 19.5 Å². The molecule has 0 aromatic carbocycles. The summed E-state index contributed by atoms with van der Waals surface area (Å²) in [7, 11) is 0. The van der Waals surface area contributed by atoms with Gasteiger partial charge in [0.1, 0.15) is 11.2 Å². The summed E-state index contributed by atoms with van der Waals surface area (Å²) in [6.07, 6.45) is -0.325. The third kappa shape index (κ3) is 6.51. The molecule has 1 saturated heterocycles. The summed E-state index contributed by atoms with van der Waals surface area (Å²) >= 11 is 0. The van der Waals surface area contributed by atoms with Gasteiger partial charge in [0.05, 0.1) is 6.04 Å². The van der Waals surface area contributed by atoms with Crippen LogP contribution in [0.15, 0.2) is 0 Å². The van der Waals surface area contributed by atoms with Crippen molar-refractivity contribution >= 4 is 12.2 Å². The summed E-state index contributed by atoms with van der Waals surface area (Å²) < 4.78 is 10.6. The van der Waals surface area contributed by atoms with Crippen molar-refractivity contribution in [1.82, 2.24) is 10.2 Å². The Morgan fingerprint density at radius 2 is 1.64 bits per heavy atom. The normalized spacial score (nSPS) is 23.0. The molecule has 0 saturated carbocycles. The first-order valence-electron chi connectivity index (χ1n) is 7.60. The Balaban J connectivity index is 2.60. The summed E-state index contributed by atoms with van der Waals surface area (Å²) in [6.45, 7) is 11.7. The first-order chi connectivity index (χ1) is 9.87. The van der Waals surface area contributed by atoms with Crippen LogP contribution in [0.25, 0.3) is 0 Å². The lowest BCUT2D eigenvalue weighted by molar-refractivity contribution is 0.0145. The zero-order chi connectivity index (χ0) is 17.1. The Bertz CT molecular complexity index is 412. The van der Waals surface area contributed by atoms with Crippen molar-refractivity contribution in [2.45, 2.75) is 71.2 Å². The number of alkyl carbamates (subject to hydrolysis) is 1. The minimum Gasteiger partial charge on any atom is -0.444 e. The minimum atomic E-state index is -0.576. The van der Waals surface area contributed by atoms with E-state index >= 15 is 0 Å². The van der Waals surface area contributed by atoms with Gasteiger partial charge in [-0.2, -0.15) is 0 Å². The third-order valence-corrected chi connectivity index (χ3v) is 3.02. The number of amides is 2. The third-order valence-electron chi connectivity index (χ3n) is 3.02. The fourth-order valence-corrected chi connectivity index (χ4v) is 2.07. The van der Waals surface area contributed by atoms with Crippen LogP contribution in [0.1, 0.15) is 48.0 Å². The summed E-state index contributed by atoms with van der Waals surface area (Å²) in [5.74, 6) is 0. The van der Waals surface area contributed by atoms with Crippen molar-refractivity contribution in [3.8, 4) is 0 Å². The van der Waals surface area contributed by atoms with Crippen LogP contribution in [0.2, 0.25) is 0 Å². The van der Waals surface area contributed by atoms with Crippen molar-refractivity contribution in [3.63, 3.8) is 0 Å². The molecule has 2 unspecified atom stereocenters. The first kappa shape index (κ1) is 18.5. The van der Waals surface area contributed by atoms with Crippen molar-refractivity contribution in [2.24, 2.45) is 5.73 Å². The van der Waals surface area contributed by atoms with Gasteiger partial charge in [-0.15, -0.1) is 0 Å². The van der Waals surface area contributed by atoms with E-state index in [-0.39, 0.29) is 12.1 Å². The van der Waals surface area contributed by atoms with Crippen LogP contribution < -0.4 is 11.1 Å². The molecule has 0 aromatic rings. The Labute approximate surface area is 132 Å². The Morgan fingerprint density at radius 1 is 1.09 bits per heavy atom. The van der Waals surface area contributed by atoms with Crippen molar-refractivity contribution in [3.05, 3.63) is 0 Å². The largest absolute Gasteiger partial charge is 0.444 e. The van der Waals surface area contributed by atoms with E-state index < -0.39 is 23.4 Å². The molecule has 22 heavy (non-hydrogen) atoms. The highest BCUT2D eigenvalue weighted by molar-refractivity contribution is 5.70. The average molecular weight is 315 g/mol. The van der Waals surface area contributed by atoms with Crippen molar-refractivity contribution < 1.29 is 19.1 Å².